The van der Waals surface area contributed by atoms with E-state index in [4.69, 9.17) is 0 Å². The lowest BCUT2D eigenvalue weighted by Gasteiger charge is -2.07. The SMILES string of the molecule is CCc1ccc2cc(C(F)(F)F)cnc2c1. The van der Waals surface area contributed by atoms with Gasteiger partial charge in [0, 0.05) is 11.6 Å². The molecule has 2 aromatic rings. The number of nitrogens with zero attached hydrogens (tertiary/aromatic N) is 1. The van der Waals surface area contributed by atoms with Crippen LogP contribution in [0.3, 0.4) is 0 Å². The summed E-state index contributed by atoms with van der Waals surface area (Å²) in [5.41, 5.74) is 0.969. The van der Waals surface area contributed by atoms with Gasteiger partial charge in [0.15, 0.2) is 0 Å². The summed E-state index contributed by atoms with van der Waals surface area (Å²) in [5.74, 6) is 0. The summed E-state index contributed by atoms with van der Waals surface area (Å²) in [5, 5.41) is 0.520. The molecular weight excluding hydrogens is 215 g/mol. The summed E-state index contributed by atoms with van der Waals surface area (Å²) in [6.45, 7) is 1.99. The molecule has 84 valence electrons. The molecule has 0 radical (unpaired) electrons. The first-order chi connectivity index (χ1) is 7.50. The van der Waals surface area contributed by atoms with Gasteiger partial charge < -0.3 is 0 Å². The number of aryl methyl sites for hydroxylation is 1. The van der Waals surface area contributed by atoms with Gasteiger partial charge in [-0.2, -0.15) is 13.2 Å². The number of benzene rings is 1. The molecule has 1 aromatic heterocycles. The second-order valence-corrected chi connectivity index (χ2v) is 3.60. The third-order valence-electron chi connectivity index (χ3n) is 2.48. The van der Waals surface area contributed by atoms with Gasteiger partial charge >= 0.3 is 6.18 Å². The van der Waals surface area contributed by atoms with Crippen molar-refractivity contribution < 1.29 is 13.2 Å². The summed E-state index contributed by atoms with van der Waals surface area (Å²) in [4.78, 5) is 3.84. The zero-order valence-electron chi connectivity index (χ0n) is 8.67. The zero-order chi connectivity index (χ0) is 11.8. The van der Waals surface area contributed by atoms with E-state index in [9.17, 15) is 13.2 Å². The molecule has 1 heterocycles. The number of pyridine rings is 1. The lowest BCUT2D eigenvalue weighted by molar-refractivity contribution is -0.137. The van der Waals surface area contributed by atoms with Crippen molar-refractivity contribution >= 4 is 10.9 Å². The Morgan fingerprint density at radius 1 is 1.19 bits per heavy atom. The fourth-order valence-electron chi connectivity index (χ4n) is 1.54. The van der Waals surface area contributed by atoms with Crippen LogP contribution in [0.4, 0.5) is 13.2 Å². The van der Waals surface area contributed by atoms with Gasteiger partial charge in [-0.1, -0.05) is 19.1 Å². The summed E-state index contributed by atoms with van der Waals surface area (Å²) in [7, 11) is 0. The van der Waals surface area contributed by atoms with Gasteiger partial charge in [0.05, 0.1) is 11.1 Å². The Kier molecular flexibility index (Phi) is 2.58. The molecule has 0 aliphatic heterocycles. The molecule has 0 aliphatic carbocycles. The fraction of sp³-hybridized carbons (Fsp3) is 0.250. The number of hydrogen-bond acceptors (Lipinski definition) is 1. The maximum absolute atomic E-state index is 12.4. The molecule has 2 rings (SSSR count). The van der Waals surface area contributed by atoms with Crippen molar-refractivity contribution in [1.82, 2.24) is 4.98 Å². The maximum atomic E-state index is 12.4. The van der Waals surface area contributed by atoms with Crippen LogP contribution in [0.5, 0.6) is 0 Å². The van der Waals surface area contributed by atoms with Gasteiger partial charge in [0.2, 0.25) is 0 Å². The molecule has 0 saturated heterocycles. The fourth-order valence-corrected chi connectivity index (χ4v) is 1.54. The molecule has 0 bridgehead atoms. The standard InChI is InChI=1S/C12H10F3N/c1-2-8-3-4-9-6-10(12(13,14)15)7-16-11(9)5-8/h3-7H,2H2,1H3. The van der Waals surface area contributed by atoms with Crippen LogP contribution in [0.25, 0.3) is 10.9 Å². The summed E-state index contributed by atoms with van der Waals surface area (Å²) >= 11 is 0. The average molecular weight is 225 g/mol. The normalized spacial score (nSPS) is 12.0. The van der Waals surface area contributed by atoms with Crippen LogP contribution in [0.15, 0.2) is 30.5 Å². The Labute approximate surface area is 90.9 Å². The van der Waals surface area contributed by atoms with Crippen molar-refractivity contribution in [2.75, 3.05) is 0 Å². The predicted molar refractivity (Wildman–Crippen MR) is 56.1 cm³/mol. The van der Waals surface area contributed by atoms with E-state index in [0.717, 1.165) is 24.2 Å². The van der Waals surface area contributed by atoms with E-state index in [0.29, 0.717) is 10.9 Å². The molecule has 0 fully saturated rings. The third-order valence-corrected chi connectivity index (χ3v) is 2.48. The molecule has 0 aliphatic rings. The molecule has 1 nitrogen and oxygen atoms in total. The van der Waals surface area contributed by atoms with Crippen LogP contribution in [-0.4, -0.2) is 4.98 Å². The minimum Gasteiger partial charge on any atom is -0.256 e. The minimum absolute atomic E-state index is 0.520. The van der Waals surface area contributed by atoms with Gasteiger partial charge in [-0.25, -0.2) is 0 Å². The van der Waals surface area contributed by atoms with Gasteiger partial charge in [0.25, 0.3) is 0 Å². The van der Waals surface area contributed by atoms with Crippen LogP contribution in [0, 0.1) is 0 Å². The average Bonchev–Trinajstić information content (AvgIpc) is 2.26. The van der Waals surface area contributed by atoms with Gasteiger partial charge in [-0.05, 0) is 24.1 Å². The number of hydrogen-bond donors (Lipinski definition) is 0. The molecule has 1 aromatic carbocycles. The first-order valence-corrected chi connectivity index (χ1v) is 4.96. The second kappa shape index (κ2) is 3.77. The molecule has 0 unspecified atom stereocenters. The Morgan fingerprint density at radius 3 is 2.56 bits per heavy atom. The van der Waals surface area contributed by atoms with Gasteiger partial charge in [-0.3, -0.25) is 4.98 Å². The molecule has 0 spiro atoms. The minimum atomic E-state index is -4.33. The van der Waals surface area contributed by atoms with E-state index < -0.39 is 11.7 Å². The molecule has 0 saturated carbocycles. The zero-order valence-corrected chi connectivity index (χ0v) is 8.67. The van der Waals surface area contributed by atoms with Crippen molar-refractivity contribution in [2.24, 2.45) is 0 Å². The largest absolute Gasteiger partial charge is 0.417 e. The van der Waals surface area contributed by atoms with E-state index in [2.05, 4.69) is 4.98 Å². The molecule has 16 heavy (non-hydrogen) atoms. The second-order valence-electron chi connectivity index (χ2n) is 3.60. The molecule has 4 heteroatoms. The first-order valence-electron chi connectivity index (χ1n) is 4.96. The van der Waals surface area contributed by atoms with Crippen molar-refractivity contribution in [1.29, 1.82) is 0 Å². The van der Waals surface area contributed by atoms with E-state index in [1.165, 1.54) is 0 Å². The predicted octanol–water partition coefficient (Wildman–Crippen LogP) is 3.82. The Bertz CT molecular complexity index is 517. The molecule has 0 atom stereocenters. The Morgan fingerprint density at radius 2 is 1.94 bits per heavy atom. The topological polar surface area (TPSA) is 12.9 Å². The number of halogens is 3. The Balaban J connectivity index is 2.56. The van der Waals surface area contributed by atoms with Crippen LogP contribution < -0.4 is 0 Å². The number of fused-ring (bicyclic) bond motifs is 1. The summed E-state index contributed by atoms with van der Waals surface area (Å²) in [6.07, 6.45) is -2.61. The van der Waals surface area contributed by atoms with Crippen molar-refractivity contribution in [2.45, 2.75) is 19.5 Å². The van der Waals surface area contributed by atoms with E-state index in [1.54, 1.807) is 6.07 Å². The monoisotopic (exact) mass is 225 g/mol. The lowest BCUT2D eigenvalue weighted by Crippen LogP contribution is -2.05. The van der Waals surface area contributed by atoms with E-state index >= 15 is 0 Å². The van der Waals surface area contributed by atoms with Gasteiger partial charge in [-0.15, -0.1) is 0 Å². The maximum Gasteiger partial charge on any atom is 0.417 e. The molecule has 0 N–H and O–H groups in total. The van der Waals surface area contributed by atoms with E-state index in [1.807, 2.05) is 19.1 Å². The van der Waals surface area contributed by atoms with Gasteiger partial charge in [0.1, 0.15) is 0 Å². The number of alkyl halides is 3. The molecule has 0 amide bonds. The molecular formula is C12H10F3N. The highest BCUT2D eigenvalue weighted by atomic mass is 19.4. The van der Waals surface area contributed by atoms with Crippen LogP contribution in [-0.2, 0) is 12.6 Å². The highest BCUT2D eigenvalue weighted by Gasteiger charge is 2.30. The summed E-state index contributed by atoms with van der Waals surface area (Å²) in [6, 6.07) is 6.44. The Hall–Kier alpha value is -1.58. The highest BCUT2D eigenvalue weighted by molar-refractivity contribution is 5.79. The van der Waals surface area contributed by atoms with Crippen molar-refractivity contribution in [3.05, 3.63) is 41.6 Å². The van der Waals surface area contributed by atoms with E-state index in [-0.39, 0.29) is 0 Å². The number of rotatable bonds is 1. The highest BCUT2D eigenvalue weighted by Crippen LogP contribution is 2.30. The van der Waals surface area contributed by atoms with Crippen LogP contribution in [0.2, 0.25) is 0 Å². The lowest BCUT2D eigenvalue weighted by atomic mass is 10.1. The van der Waals surface area contributed by atoms with Crippen LogP contribution in [0.1, 0.15) is 18.1 Å². The third kappa shape index (κ3) is 2.01. The van der Waals surface area contributed by atoms with Crippen molar-refractivity contribution in [3.63, 3.8) is 0 Å². The first kappa shape index (κ1) is 10.9. The van der Waals surface area contributed by atoms with Crippen molar-refractivity contribution in [3.8, 4) is 0 Å². The number of aromatic nitrogens is 1. The summed E-state index contributed by atoms with van der Waals surface area (Å²) < 4.78 is 37.3. The smallest absolute Gasteiger partial charge is 0.256 e. The quantitative estimate of drug-likeness (QED) is 0.719. The van der Waals surface area contributed by atoms with Crippen LogP contribution >= 0.6 is 0 Å².